The highest BCUT2D eigenvalue weighted by Gasteiger charge is 2.25. The van der Waals surface area contributed by atoms with Crippen LogP contribution in [0.5, 0.6) is 0 Å². The average molecular weight is 258 g/mol. The van der Waals surface area contributed by atoms with Gasteiger partial charge in [0.15, 0.2) is 5.65 Å². The minimum atomic E-state index is -0.0127. The van der Waals surface area contributed by atoms with Crippen molar-refractivity contribution in [2.75, 3.05) is 0 Å². The Morgan fingerprint density at radius 1 is 1.47 bits per heavy atom. The Morgan fingerprint density at radius 3 is 2.84 bits per heavy atom. The second-order valence-corrected chi connectivity index (χ2v) is 5.48. The lowest BCUT2D eigenvalue weighted by molar-refractivity contribution is 0.0952. The summed E-state index contributed by atoms with van der Waals surface area (Å²) in [6.45, 7) is 6.02. The lowest BCUT2D eigenvalue weighted by atomic mass is 10.1. The maximum absolute atomic E-state index is 12.3. The van der Waals surface area contributed by atoms with Crippen molar-refractivity contribution in [1.29, 1.82) is 0 Å². The van der Waals surface area contributed by atoms with E-state index in [1.54, 1.807) is 6.20 Å². The third kappa shape index (κ3) is 2.20. The highest BCUT2D eigenvalue weighted by molar-refractivity contribution is 6.05. The van der Waals surface area contributed by atoms with E-state index < -0.39 is 0 Å². The molecule has 1 fully saturated rings. The molecule has 100 valence electrons. The van der Waals surface area contributed by atoms with E-state index in [1.807, 2.05) is 17.7 Å². The van der Waals surface area contributed by atoms with Crippen molar-refractivity contribution in [3.63, 3.8) is 0 Å². The maximum atomic E-state index is 12.3. The molecule has 0 aromatic carbocycles. The third-order valence-electron chi connectivity index (χ3n) is 3.34. The molecule has 0 aliphatic heterocycles. The summed E-state index contributed by atoms with van der Waals surface area (Å²) in [5.41, 5.74) is 2.31. The van der Waals surface area contributed by atoms with Gasteiger partial charge >= 0.3 is 0 Å². The molecule has 0 bridgehead atoms. The van der Waals surface area contributed by atoms with Gasteiger partial charge in [-0.1, -0.05) is 0 Å². The molecule has 0 atom stereocenters. The number of amides is 1. The minimum absolute atomic E-state index is 0.0127. The van der Waals surface area contributed by atoms with Crippen molar-refractivity contribution >= 4 is 16.9 Å². The number of hydrogen-bond acceptors (Lipinski definition) is 3. The number of fused-ring (bicyclic) bond motifs is 1. The summed E-state index contributed by atoms with van der Waals surface area (Å²) in [7, 11) is 0. The van der Waals surface area contributed by atoms with Crippen molar-refractivity contribution in [1.82, 2.24) is 20.1 Å². The van der Waals surface area contributed by atoms with Gasteiger partial charge in [0.1, 0.15) is 0 Å². The van der Waals surface area contributed by atoms with Crippen LogP contribution in [0.3, 0.4) is 0 Å². The molecule has 0 radical (unpaired) electrons. The predicted molar refractivity (Wildman–Crippen MR) is 73.1 cm³/mol. The Balaban J connectivity index is 2.10. The number of pyridine rings is 1. The number of rotatable bonds is 3. The van der Waals surface area contributed by atoms with E-state index in [1.165, 1.54) is 0 Å². The summed E-state index contributed by atoms with van der Waals surface area (Å²) in [6, 6.07) is 2.43. The zero-order valence-electron chi connectivity index (χ0n) is 11.5. The average Bonchev–Trinajstić information content (AvgIpc) is 3.05. The van der Waals surface area contributed by atoms with Crippen LogP contribution >= 0.6 is 0 Å². The fourth-order valence-electron chi connectivity index (χ4n) is 2.20. The van der Waals surface area contributed by atoms with Gasteiger partial charge in [-0.05, 0) is 39.7 Å². The van der Waals surface area contributed by atoms with E-state index in [0.29, 0.717) is 11.6 Å². The molecule has 1 amide bonds. The van der Waals surface area contributed by atoms with Crippen molar-refractivity contribution in [2.24, 2.45) is 0 Å². The Hall–Kier alpha value is -1.91. The molecule has 19 heavy (non-hydrogen) atoms. The number of hydrogen-bond donors (Lipinski definition) is 1. The zero-order valence-corrected chi connectivity index (χ0v) is 11.5. The molecule has 1 aliphatic rings. The molecule has 0 saturated heterocycles. The normalized spacial score (nSPS) is 15.2. The Kier molecular flexibility index (Phi) is 2.77. The smallest absolute Gasteiger partial charge is 0.252 e. The third-order valence-corrected chi connectivity index (χ3v) is 3.34. The van der Waals surface area contributed by atoms with Crippen LogP contribution < -0.4 is 5.32 Å². The minimum Gasteiger partial charge on any atom is -0.349 e. The van der Waals surface area contributed by atoms with Crippen molar-refractivity contribution in [3.05, 3.63) is 23.5 Å². The second kappa shape index (κ2) is 4.33. The standard InChI is InChI=1S/C14H18N4O/c1-8(2)18-13-12(7-15-18)11(6-9(3)16-13)14(19)17-10-4-5-10/h6-8,10H,4-5H2,1-3H3,(H,17,19). The van der Waals surface area contributed by atoms with Crippen molar-refractivity contribution in [3.8, 4) is 0 Å². The van der Waals surface area contributed by atoms with Gasteiger partial charge in [-0.15, -0.1) is 0 Å². The molecule has 1 N–H and O–H groups in total. The molecular weight excluding hydrogens is 240 g/mol. The number of aromatic nitrogens is 3. The molecule has 1 saturated carbocycles. The summed E-state index contributed by atoms with van der Waals surface area (Å²) in [5, 5.41) is 8.20. The molecule has 2 aromatic rings. The van der Waals surface area contributed by atoms with Crippen LogP contribution in [0.1, 0.15) is 48.8 Å². The summed E-state index contributed by atoms with van der Waals surface area (Å²) in [5.74, 6) is -0.0127. The van der Waals surface area contributed by atoms with Gasteiger partial charge in [-0.2, -0.15) is 5.10 Å². The molecular formula is C14H18N4O. The second-order valence-electron chi connectivity index (χ2n) is 5.48. The lowest BCUT2D eigenvalue weighted by Crippen LogP contribution is -2.25. The lowest BCUT2D eigenvalue weighted by Gasteiger charge is -2.09. The molecule has 2 aromatic heterocycles. The molecule has 2 heterocycles. The van der Waals surface area contributed by atoms with Crippen molar-refractivity contribution in [2.45, 2.75) is 45.7 Å². The van der Waals surface area contributed by atoms with Gasteiger partial charge in [-0.3, -0.25) is 4.79 Å². The fourth-order valence-corrected chi connectivity index (χ4v) is 2.20. The molecule has 5 heteroatoms. The Morgan fingerprint density at radius 2 is 2.21 bits per heavy atom. The Bertz CT molecular complexity index is 640. The van der Waals surface area contributed by atoms with Crippen LogP contribution in [-0.4, -0.2) is 26.7 Å². The van der Waals surface area contributed by atoms with Gasteiger partial charge in [0.2, 0.25) is 0 Å². The largest absolute Gasteiger partial charge is 0.349 e. The van der Waals surface area contributed by atoms with Crippen LogP contribution in [0, 0.1) is 6.92 Å². The van der Waals surface area contributed by atoms with E-state index in [9.17, 15) is 4.79 Å². The topological polar surface area (TPSA) is 59.8 Å². The van der Waals surface area contributed by atoms with Crippen LogP contribution in [0.2, 0.25) is 0 Å². The molecule has 3 rings (SSSR count). The number of nitrogens with zero attached hydrogens (tertiary/aromatic N) is 3. The summed E-state index contributed by atoms with van der Waals surface area (Å²) < 4.78 is 1.86. The van der Waals surface area contributed by atoms with Crippen LogP contribution in [0.25, 0.3) is 11.0 Å². The van der Waals surface area contributed by atoms with Gasteiger partial charge in [-0.25, -0.2) is 9.67 Å². The highest BCUT2D eigenvalue weighted by Crippen LogP contribution is 2.23. The monoisotopic (exact) mass is 258 g/mol. The number of carbonyl (C=O) groups is 1. The number of nitrogens with one attached hydrogen (secondary N) is 1. The number of carbonyl (C=O) groups excluding carboxylic acids is 1. The molecule has 0 unspecified atom stereocenters. The van der Waals surface area contributed by atoms with E-state index in [0.717, 1.165) is 29.6 Å². The summed E-state index contributed by atoms with van der Waals surface area (Å²) >= 11 is 0. The van der Waals surface area contributed by atoms with Gasteiger partial charge < -0.3 is 5.32 Å². The summed E-state index contributed by atoms with van der Waals surface area (Å²) in [4.78, 5) is 16.8. The first kappa shape index (κ1) is 12.1. The first-order chi connectivity index (χ1) is 9.06. The molecule has 5 nitrogen and oxygen atoms in total. The summed E-state index contributed by atoms with van der Waals surface area (Å²) in [6.07, 6.45) is 3.91. The van der Waals surface area contributed by atoms with E-state index in [-0.39, 0.29) is 11.9 Å². The van der Waals surface area contributed by atoms with Crippen LogP contribution in [0.4, 0.5) is 0 Å². The molecule has 0 spiro atoms. The van der Waals surface area contributed by atoms with E-state index in [2.05, 4.69) is 29.2 Å². The van der Waals surface area contributed by atoms with Gasteiger partial charge in [0, 0.05) is 17.8 Å². The maximum Gasteiger partial charge on any atom is 0.252 e. The SMILES string of the molecule is Cc1cc(C(=O)NC2CC2)c2cnn(C(C)C)c2n1. The van der Waals surface area contributed by atoms with Gasteiger partial charge in [0.05, 0.1) is 17.1 Å². The Labute approximate surface area is 112 Å². The van der Waals surface area contributed by atoms with Crippen molar-refractivity contribution < 1.29 is 4.79 Å². The predicted octanol–water partition coefficient (Wildman–Crippen LogP) is 2.21. The molecule has 1 aliphatic carbocycles. The van der Waals surface area contributed by atoms with Crippen LogP contribution in [0.15, 0.2) is 12.3 Å². The fraction of sp³-hybridized carbons (Fsp3) is 0.500. The highest BCUT2D eigenvalue weighted by atomic mass is 16.1. The first-order valence-corrected chi connectivity index (χ1v) is 6.72. The van der Waals surface area contributed by atoms with Gasteiger partial charge in [0.25, 0.3) is 5.91 Å². The first-order valence-electron chi connectivity index (χ1n) is 6.72. The quantitative estimate of drug-likeness (QED) is 0.918. The van der Waals surface area contributed by atoms with Crippen LogP contribution in [-0.2, 0) is 0 Å². The zero-order chi connectivity index (χ0) is 13.6. The number of aryl methyl sites for hydroxylation is 1. The van der Waals surface area contributed by atoms with E-state index >= 15 is 0 Å². The van der Waals surface area contributed by atoms with E-state index in [4.69, 9.17) is 0 Å².